The number of nitrogens with zero attached hydrogens (tertiary/aromatic N) is 3. The quantitative estimate of drug-likeness (QED) is 0.109. The number of hydrogen-bond acceptors (Lipinski definition) is 15. The number of aromatic hydroxyl groups is 3. The maximum Gasteiger partial charge on any atom is 0.312 e. The van der Waals surface area contributed by atoms with Crippen molar-refractivity contribution in [1.82, 2.24) is 9.91 Å². The number of likely N-dealkylation sites (N-methyl/N-ethyl adjacent to an activating group) is 1. The smallest absolute Gasteiger partial charge is 0.312 e. The number of nitrogens with one attached hydrogen (secondary N) is 1. The first kappa shape index (κ1) is 44.9. The van der Waals surface area contributed by atoms with Crippen molar-refractivity contribution >= 4 is 40.3 Å². The van der Waals surface area contributed by atoms with Crippen LogP contribution in [0.4, 0.5) is 5.69 Å². The predicted octanol–water partition coefficient (Wildman–Crippen LogP) is 4.34. The lowest BCUT2D eigenvalue weighted by molar-refractivity contribution is -0.160. The molecule has 0 radical (unpaired) electrons. The fraction of sp³-hybridized carbons (Fsp3) is 0.535. The second-order valence-corrected chi connectivity index (χ2v) is 16.1. The number of anilines is 1. The van der Waals surface area contributed by atoms with Gasteiger partial charge in [0.2, 0.25) is 0 Å². The maximum atomic E-state index is 14.4. The molecule has 5 bridgehead atoms. The molecule has 0 saturated carbocycles. The summed E-state index contributed by atoms with van der Waals surface area (Å²) in [5.74, 6) is -8.34. The standard InChI is InChI=1S/C43H58N4O12/c1-21-12-11-13-22(2)42(55)45-33-28(20-44-47-17-15-46(9)16-18-47)37(52)30-31(38(33)53)36(51)26(6)40-32(30)41(54)43(8,59-40)57-19-14-29(56-10)23(3)39(58-27(7)48)25(5)35(50)24(4)34(21)49/h11-14,19-21,23-25,29,34-35,39,49-53H,15-18H2,1-10H3,(H,45,55)/b12-11-,19-14-,22-13-,44-20?/t21-,23-,24-,25-,29+,34-,35-,39-,43-/m0/s1. The third-order valence-electron chi connectivity index (χ3n) is 11.9. The first-order valence-electron chi connectivity index (χ1n) is 19.8. The van der Waals surface area contributed by atoms with Gasteiger partial charge < -0.3 is 54.7 Å². The van der Waals surface area contributed by atoms with E-state index in [9.17, 15) is 39.9 Å². The first-order chi connectivity index (χ1) is 27.7. The number of ketones is 1. The van der Waals surface area contributed by atoms with Crippen molar-refractivity contribution in [3.8, 4) is 23.0 Å². The number of rotatable bonds is 4. The zero-order chi connectivity index (χ0) is 43.7. The molecule has 0 aliphatic carbocycles. The third-order valence-corrected chi connectivity index (χ3v) is 11.9. The second kappa shape index (κ2) is 18.0. The van der Waals surface area contributed by atoms with Gasteiger partial charge in [0.15, 0.2) is 5.75 Å². The van der Waals surface area contributed by atoms with Crippen LogP contribution < -0.4 is 10.1 Å². The normalized spacial score (nSPS) is 32.1. The molecule has 1 saturated heterocycles. The van der Waals surface area contributed by atoms with Crippen LogP contribution in [0.5, 0.6) is 23.0 Å². The van der Waals surface area contributed by atoms with E-state index < -0.39 is 88.8 Å². The average molecular weight is 823 g/mol. The van der Waals surface area contributed by atoms with Gasteiger partial charge in [-0.2, -0.15) is 5.10 Å². The molecule has 16 nitrogen and oxygen atoms in total. The molecule has 6 rings (SSSR count). The number of aliphatic hydroxyl groups is 2. The number of piperazine rings is 1. The van der Waals surface area contributed by atoms with Gasteiger partial charge in [0.1, 0.15) is 23.4 Å². The molecule has 16 heteroatoms. The Bertz CT molecular complexity index is 2070. The number of carbonyl (C=O) groups is 3. The van der Waals surface area contributed by atoms with Crippen LogP contribution in [0.1, 0.15) is 70.0 Å². The number of hydrazone groups is 1. The molecule has 2 aromatic rings. The van der Waals surface area contributed by atoms with Crippen LogP contribution in [-0.4, -0.2) is 130 Å². The van der Waals surface area contributed by atoms with Crippen molar-refractivity contribution in [1.29, 1.82) is 0 Å². The van der Waals surface area contributed by atoms with E-state index >= 15 is 0 Å². The van der Waals surface area contributed by atoms with Gasteiger partial charge in [0.25, 0.3) is 11.7 Å². The fourth-order valence-corrected chi connectivity index (χ4v) is 7.92. The summed E-state index contributed by atoms with van der Waals surface area (Å²) in [5.41, 5.74) is -0.350. The van der Waals surface area contributed by atoms with Crippen LogP contribution in [-0.2, 0) is 23.8 Å². The molecule has 4 aliphatic rings. The lowest BCUT2D eigenvalue weighted by Gasteiger charge is -2.38. The number of Topliss-reactive ketones (excluding diaryl/α,β-unsaturated/α-hetero) is 1. The minimum absolute atomic E-state index is 0.0559. The predicted molar refractivity (Wildman–Crippen MR) is 220 cm³/mol. The fourth-order valence-electron chi connectivity index (χ4n) is 7.92. The number of amides is 1. The highest BCUT2D eigenvalue weighted by molar-refractivity contribution is 6.23. The Kier molecular flexibility index (Phi) is 13.7. The zero-order valence-electron chi connectivity index (χ0n) is 35.3. The summed E-state index contributed by atoms with van der Waals surface area (Å²) < 4.78 is 23.6. The van der Waals surface area contributed by atoms with Crippen molar-refractivity contribution in [2.24, 2.45) is 28.8 Å². The van der Waals surface area contributed by atoms with Gasteiger partial charge in [-0.3, -0.25) is 19.4 Å². The minimum atomic E-state index is -2.04. The van der Waals surface area contributed by atoms with E-state index in [2.05, 4.69) is 15.3 Å². The lowest BCUT2D eigenvalue weighted by Crippen LogP contribution is -2.46. The lowest BCUT2D eigenvalue weighted by atomic mass is 9.78. The van der Waals surface area contributed by atoms with E-state index in [0.29, 0.717) is 13.1 Å². The van der Waals surface area contributed by atoms with E-state index in [-0.39, 0.29) is 44.5 Å². The highest BCUT2D eigenvalue weighted by Crippen LogP contribution is 2.55. The SMILES string of the molecule is CO[C@@H]1/C=C\O[C@@]2(C)Oc3c(C)c(O)c4c(O)c(c(C=NN5CCN(C)CC5)c(O)c4c3C2=O)NC(=O)/C(C)=C\C=C/[C@H](C)[C@H](O)[C@H](C)[C@H](O)[C@H](C)[C@@H](OC(C)=O)[C@H]1C. The number of esters is 1. The number of phenolic OH excluding ortho intramolecular Hbond substituents is 3. The number of benzene rings is 2. The van der Waals surface area contributed by atoms with Gasteiger partial charge in [-0.25, -0.2) is 0 Å². The number of carbonyl (C=O) groups excluding carboxylic acids is 3. The Hall–Kier alpha value is -5.16. The van der Waals surface area contributed by atoms with Crippen molar-refractivity contribution < 1.29 is 58.9 Å². The highest BCUT2D eigenvalue weighted by atomic mass is 16.7. The summed E-state index contributed by atoms with van der Waals surface area (Å²) in [6.45, 7) is 15.1. The molecule has 1 fully saturated rings. The van der Waals surface area contributed by atoms with Gasteiger partial charge >= 0.3 is 11.8 Å². The molecule has 59 heavy (non-hydrogen) atoms. The van der Waals surface area contributed by atoms with E-state index in [1.54, 1.807) is 44.9 Å². The summed E-state index contributed by atoms with van der Waals surface area (Å²) in [6, 6.07) is 0. The number of methoxy groups -OCH3 is 1. The summed E-state index contributed by atoms with van der Waals surface area (Å²) >= 11 is 0. The van der Waals surface area contributed by atoms with Gasteiger partial charge in [0, 0.05) is 87.3 Å². The number of hydrogen-bond donors (Lipinski definition) is 6. The largest absolute Gasteiger partial charge is 0.507 e. The monoisotopic (exact) mass is 822 g/mol. The number of ether oxygens (including phenoxy) is 4. The van der Waals surface area contributed by atoms with Crippen LogP contribution in [0.2, 0.25) is 0 Å². The van der Waals surface area contributed by atoms with Crippen LogP contribution in [0.3, 0.4) is 0 Å². The Morgan fingerprint density at radius 3 is 2.24 bits per heavy atom. The van der Waals surface area contributed by atoms with E-state index in [1.165, 1.54) is 59.4 Å². The van der Waals surface area contributed by atoms with Gasteiger partial charge in [-0.1, -0.05) is 45.9 Å². The molecular formula is C43H58N4O12. The molecule has 0 unspecified atom stereocenters. The molecule has 9 atom stereocenters. The summed E-state index contributed by atoms with van der Waals surface area (Å²) in [4.78, 5) is 42.6. The van der Waals surface area contributed by atoms with Crippen molar-refractivity contribution in [2.45, 2.75) is 85.6 Å². The average Bonchev–Trinajstić information content (AvgIpc) is 3.46. The van der Waals surface area contributed by atoms with Crippen LogP contribution >= 0.6 is 0 Å². The summed E-state index contributed by atoms with van der Waals surface area (Å²) in [5, 5.41) is 66.8. The number of aliphatic hydroxyl groups excluding tert-OH is 2. The van der Waals surface area contributed by atoms with E-state index in [1.807, 2.05) is 7.05 Å². The van der Waals surface area contributed by atoms with Gasteiger partial charge in [-0.15, -0.1) is 0 Å². The Morgan fingerprint density at radius 1 is 0.949 bits per heavy atom. The van der Waals surface area contributed by atoms with Crippen LogP contribution in [0.15, 0.2) is 41.2 Å². The second-order valence-electron chi connectivity index (χ2n) is 16.1. The van der Waals surface area contributed by atoms with E-state index in [0.717, 1.165) is 13.1 Å². The van der Waals surface area contributed by atoms with E-state index in [4.69, 9.17) is 18.9 Å². The zero-order valence-corrected chi connectivity index (χ0v) is 35.3. The topological polar surface area (TPSA) is 220 Å². The molecule has 0 aromatic heterocycles. The molecule has 0 spiro atoms. The van der Waals surface area contributed by atoms with Crippen LogP contribution in [0, 0.1) is 30.6 Å². The minimum Gasteiger partial charge on any atom is -0.507 e. The number of fused-ring (bicyclic) bond motifs is 14. The number of allylic oxidation sites excluding steroid dienone is 2. The number of phenols is 3. The molecule has 2 aromatic carbocycles. The Labute approximate surface area is 344 Å². The Balaban J connectivity index is 1.70. The molecule has 4 heterocycles. The molecule has 6 N–H and O–H groups in total. The summed E-state index contributed by atoms with van der Waals surface area (Å²) in [7, 11) is 3.42. The van der Waals surface area contributed by atoms with Gasteiger partial charge in [0.05, 0.1) is 53.0 Å². The third kappa shape index (κ3) is 8.91. The summed E-state index contributed by atoms with van der Waals surface area (Å²) in [6.07, 6.45) is 4.86. The maximum absolute atomic E-state index is 14.4. The van der Waals surface area contributed by atoms with Crippen molar-refractivity contribution in [3.05, 3.63) is 52.8 Å². The molecular weight excluding hydrogens is 764 g/mol. The van der Waals surface area contributed by atoms with Crippen molar-refractivity contribution in [3.63, 3.8) is 0 Å². The van der Waals surface area contributed by atoms with Gasteiger partial charge in [-0.05, 0) is 27.0 Å². The van der Waals surface area contributed by atoms with Crippen molar-refractivity contribution in [2.75, 3.05) is 45.7 Å². The molecule has 1 amide bonds. The first-order valence-corrected chi connectivity index (χ1v) is 19.8. The Morgan fingerprint density at radius 2 is 1.61 bits per heavy atom. The van der Waals surface area contributed by atoms with Crippen LogP contribution in [0.25, 0.3) is 10.8 Å². The highest BCUT2D eigenvalue weighted by Gasteiger charge is 2.50. The molecule has 322 valence electrons. The molecule has 4 aliphatic heterocycles.